The van der Waals surface area contributed by atoms with Crippen LogP contribution in [-0.4, -0.2) is 11.2 Å². The Balaban J connectivity index is 1.40. The molecule has 0 aliphatic carbocycles. The van der Waals surface area contributed by atoms with Gasteiger partial charge in [-0.3, -0.25) is 0 Å². The summed E-state index contributed by atoms with van der Waals surface area (Å²) in [6.07, 6.45) is 3.44. The third kappa shape index (κ3) is 3.77. The summed E-state index contributed by atoms with van der Waals surface area (Å²) in [6, 6.07) is 26.0. The Hall–Kier alpha value is -2.74. The number of para-hydroxylation sites is 2. The van der Waals surface area contributed by atoms with Crippen molar-refractivity contribution in [2.45, 2.75) is 45.6 Å². The first-order valence-corrected chi connectivity index (χ1v) is 10.5. The van der Waals surface area contributed by atoms with E-state index in [9.17, 15) is 0 Å². The van der Waals surface area contributed by atoms with Crippen LogP contribution < -0.4 is 4.74 Å². The second kappa shape index (κ2) is 8.52. The van der Waals surface area contributed by atoms with E-state index in [1.54, 1.807) is 0 Å². The summed E-state index contributed by atoms with van der Waals surface area (Å²) >= 11 is 0. The molecule has 0 amide bonds. The fourth-order valence-corrected chi connectivity index (χ4v) is 4.15. The standard InChI is InChI=1S/C26H29NO/c1-3-9-20(2)21-14-16-22(17-15-21)28-19-8-18-27-25-12-6-4-10-23(25)24-11-5-7-13-26(24)27/h4-7,10-17,20H,3,8-9,18-19H2,1-2H3. The van der Waals surface area contributed by atoms with Gasteiger partial charge in [-0.1, -0.05) is 68.8 Å². The zero-order chi connectivity index (χ0) is 19.3. The molecule has 28 heavy (non-hydrogen) atoms. The minimum absolute atomic E-state index is 0.620. The molecule has 0 fully saturated rings. The summed E-state index contributed by atoms with van der Waals surface area (Å²) in [5.41, 5.74) is 4.01. The number of benzene rings is 3. The van der Waals surface area contributed by atoms with Gasteiger partial charge in [-0.2, -0.15) is 0 Å². The van der Waals surface area contributed by atoms with Crippen LogP contribution in [0.15, 0.2) is 72.8 Å². The number of rotatable bonds is 8. The Labute approximate surface area is 167 Å². The number of ether oxygens (including phenoxy) is 1. The quantitative estimate of drug-likeness (QED) is 0.300. The summed E-state index contributed by atoms with van der Waals surface area (Å²) < 4.78 is 8.43. The van der Waals surface area contributed by atoms with Crippen LogP contribution in [0.4, 0.5) is 0 Å². The lowest BCUT2D eigenvalue weighted by Crippen LogP contribution is -2.04. The van der Waals surface area contributed by atoms with Crippen LogP contribution in [-0.2, 0) is 6.54 Å². The lowest BCUT2D eigenvalue weighted by Gasteiger charge is -2.12. The second-order valence-corrected chi connectivity index (χ2v) is 7.65. The molecule has 1 atom stereocenters. The van der Waals surface area contributed by atoms with E-state index in [-0.39, 0.29) is 0 Å². The number of aromatic nitrogens is 1. The van der Waals surface area contributed by atoms with Gasteiger partial charge in [0.2, 0.25) is 0 Å². The highest BCUT2D eigenvalue weighted by molar-refractivity contribution is 6.07. The first-order valence-electron chi connectivity index (χ1n) is 10.5. The molecule has 0 spiro atoms. The van der Waals surface area contributed by atoms with Crippen molar-refractivity contribution >= 4 is 21.8 Å². The molecule has 0 radical (unpaired) electrons. The molecule has 1 heterocycles. The number of hydrogen-bond acceptors (Lipinski definition) is 1. The number of fused-ring (bicyclic) bond motifs is 3. The molecule has 1 aromatic heterocycles. The van der Waals surface area contributed by atoms with Crippen molar-refractivity contribution in [2.75, 3.05) is 6.61 Å². The molecule has 144 valence electrons. The highest BCUT2D eigenvalue weighted by Crippen LogP contribution is 2.29. The van der Waals surface area contributed by atoms with Crippen molar-refractivity contribution in [3.05, 3.63) is 78.4 Å². The van der Waals surface area contributed by atoms with E-state index < -0.39 is 0 Å². The SMILES string of the molecule is CCCC(C)c1ccc(OCCCn2c3ccccc3c3ccccc32)cc1. The Kier molecular flexibility index (Phi) is 5.66. The van der Waals surface area contributed by atoms with Gasteiger partial charge in [0.1, 0.15) is 5.75 Å². The smallest absolute Gasteiger partial charge is 0.119 e. The van der Waals surface area contributed by atoms with Crippen molar-refractivity contribution in [3.63, 3.8) is 0 Å². The Morgan fingerprint density at radius 3 is 2.04 bits per heavy atom. The zero-order valence-electron chi connectivity index (χ0n) is 16.9. The number of nitrogens with zero attached hydrogens (tertiary/aromatic N) is 1. The molecule has 4 rings (SSSR count). The maximum Gasteiger partial charge on any atom is 0.119 e. The van der Waals surface area contributed by atoms with E-state index in [0.29, 0.717) is 5.92 Å². The predicted molar refractivity (Wildman–Crippen MR) is 119 cm³/mol. The molecule has 0 aliphatic heterocycles. The van der Waals surface area contributed by atoms with Crippen molar-refractivity contribution < 1.29 is 4.74 Å². The van der Waals surface area contributed by atoms with Crippen LogP contribution in [0.1, 0.15) is 44.6 Å². The molecular weight excluding hydrogens is 342 g/mol. The van der Waals surface area contributed by atoms with E-state index in [0.717, 1.165) is 25.3 Å². The van der Waals surface area contributed by atoms with Crippen LogP contribution in [0.2, 0.25) is 0 Å². The molecule has 2 heteroatoms. The van der Waals surface area contributed by atoms with Crippen molar-refractivity contribution in [1.29, 1.82) is 0 Å². The van der Waals surface area contributed by atoms with Gasteiger partial charge in [0.25, 0.3) is 0 Å². The normalized spacial score (nSPS) is 12.5. The zero-order valence-corrected chi connectivity index (χ0v) is 16.9. The highest BCUT2D eigenvalue weighted by atomic mass is 16.5. The largest absolute Gasteiger partial charge is 0.494 e. The minimum Gasteiger partial charge on any atom is -0.494 e. The van der Waals surface area contributed by atoms with Gasteiger partial charge >= 0.3 is 0 Å². The van der Waals surface area contributed by atoms with Crippen LogP contribution in [0.5, 0.6) is 5.75 Å². The molecule has 2 nitrogen and oxygen atoms in total. The van der Waals surface area contributed by atoms with Crippen LogP contribution in [0, 0.1) is 0 Å². The third-order valence-corrected chi connectivity index (χ3v) is 5.65. The summed E-state index contributed by atoms with van der Waals surface area (Å²) in [5.74, 6) is 1.59. The van der Waals surface area contributed by atoms with E-state index in [4.69, 9.17) is 4.74 Å². The Morgan fingerprint density at radius 2 is 1.43 bits per heavy atom. The average Bonchev–Trinajstić information content (AvgIpc) is 3.06. The van der Waals surface area contributed by atoms with E-state index in [1.165, 1.54) is 40.2 Å². The molecule has 0 aliphatic rings. The maximum absolute atomic E-state index is 6.01. The van der Waals surface area contributed by atoms with Gasteiger partial charge in [0.15, 0.2) is 0 Å². The van der Waals surface area contributed by atoms with E-state index >= 15 is 0 Å². The van der Waals surface area contributed by atoms with E-state index in [1.807, 2.05) is 0 Å². The molecule has 0 saturated carbocycles. The Bertz CT molecular complexity index is 992. The summed E-state index contributed by atoms with van der Waals surface area (Å²) in [7, 11) is 0. The van der Waals surface area contributed by atoms with Gasteiger partial charge in [0.05, 0.1) is 6.61 Å². The summed E-state index contributed by atoms with van der Waals surface area (Å²) in [6.45, 7) is 6.22. The van der Waals surface area contributed by atoms with Gasteiger partial charge in [-0.15, -0.1) is 0 Å². The number of hydrogen-bond donors (Lipinski definition) is 0. The molecule has 0 saturated heterocycles. The number of aryl methyl sites for hydroxylation is 1. The van der Waals surface area contributed by atoms with Gasteiger partial charge in [0, 0.05) is 28.4 Å². The minimum atomic E-state index is 0.620. The van der Waals surface area contributed by atoms with Crippen LogP contribution in [0.3, 0.4) is 0 Å². The molecule has 0 N–H and O–H groups in total. The fourth-order valence-electron chi connectivity index (χ4n) is 4.15. The van der Waals surface area contributed by atoms with Crippen molar-refractivity contribution in [2.24, 2.45) is 0 Å². The topological polar surface area (TPSA) is 14.2 Å². The first-order chi connectivity index (χ1) is 13.8. The van der Waals surface area contributed by atoms with Gasteiger partial charge in [-0.25, -0.2) is 0 Å². The first kappa shape index (κ1) is 18.6. The predicted octanol–water partition coefficient (Wildman–Crippen LogP) is 7.17. The Morgan fingerprint density at radius 1 is 0.821 bits per heavy atom. The summed E-state index contributed by atoms with van der Waals surface area (Å²) in [5, 5.41) is 2.66. The van der Waals surface area contributed by atoms with Crippen LogP contribution in [0.25, 0.3) is 21.8 Å². The molecule has 3 aromatic carbocycles. The van der Waals surface area contributed by atoms with E-state index in [2.05, 4.69) is 91.2 Å². The molecule has 1 unspecified atom stereocenters. The monoisotopic (exact) mass is 371 g/mol. The molecular formula is C26H29NO. The lowest BCUT2D eigenvalue weighted by atomic mass is 9.97. The summed E-state index contributed by atoms with van der Waals surface area (Å²) in [4.78, 5) is 0. The average molecular weight is 372 g/mol. The van der Waals surface area contributed by atoms with Crippen molar-refractivity contribution in [3.8, 4) is 5.75 Å². The highest BCUT2D eigenvalue weighted by Gasteiger charge is 2.09. The third-order valence-electron chi connectivity index (χ3n) is 5.65. The van der Waals surface area contributed by atoms with Gasteiger partial charge < -0.3 is 9.30 Å². The van der Waals surface area contributed by atoms with Gasteiger partial charge in [-0.05, 0) is 48.6 Å². The fraction of sp³-hybridized carbons (Fsp3) is 0.308. The molecule has 0 bridgehead atoms. The van der Waals surface area contributed by atoms with Crippen molar-refractivity contribution in [1.82, 2.24) is 4.57 Å². The second-order valence-electron chi connectivity index (χ2n) is 7.65. The van der Waals surface area contributed by atoms with Crippen LogP contribution >= 0.6 is 0 Å². The molecule has 4 aromatic rings. The lowest BCUT2D eigenvalue weighted by molar-refractivity contribution is 0.303. The maximum atomic E-state index is 6.01.